The predicted octanol–water partition coefficient (Wildman–Crippen LogP) is 4.16. The molecule has 16 heavy (non-hydrogen) atoms. The van der Waals surface area contributed by atoms with Crippen LogP contribution in [0.4, 0.5) is 8.78 Å². The summed E-state index contributed by atoms with van der Waals surface area (Å²) in [7, 11) is 0. The van der Waals surface area contributed by atoms with Crippen LogP contribution in [0.25, 0.3) is 0 Å². The summed E-state index contributed by atoms with van der Waals surface area (Å²) in [4.78, 5) is 11.6. The lowest BCUT2D eigenvalue weighted by Crippen LogP contribution is -2.04. The van der Waals surface area contributed by atoms with Crippen LogP contribution in [-0.2, 0) is 0 Å². The molecule has 1 aromatic carbocycles. The van der Waals surface area contributed by atoms with Crippen molar-refractivity contribution in [1.29, 1.82) is 0 Å². The normalized spacial score (nSPS) is 10.2. The highest BCUT2D eigenvalue weighted by atomic mass is 35.5. The molecular weight excluding hydrogens is 234 g/mol. The first-order valence-corrected chi connectivity index (χ1v) is 5.18. The van der Waals surface area contributed by atoms with Crippen LogP contribution in [0.15, 0.2) is 24.3 Å². The van der Waals surface area contributed by atoms with E-state index in [9.17, 15) is 13.6 Å². The molecule has 0 radical (unpaired) electrons. The third kappa shape index (κ3) is 2.89. The Morgan fingerprint density at radius 3 is 2.56 bits per heavy atom. The molecular formula is C12H11ClF2O. The molecule has 0 aliphatic heterocycles. The van der Waals surface area contributed by atoms with Crippen molar-refractivity contribution in [3.05, 3.63) is 46.5 Å². The van der Waals surface area contributed by atoms with Gasteiger partial charge in [-0.25, -0.2) is 8.78 Å². The summed E-state index contributed by atoms with van der Waals surface area (Å²) in [6, 6.07) is 1.63. The largest absolute Gasteiger partial charge is 0.294 e. The molecule has 4 heteroatoms. The van der Waals surface area contributed by atoms with Gasteiger partial charge in [0.05, 0.1) is 10.6 Å². The topological polar surface area (TPSA) is 17.1 Å². The van der Waals surface area contributed by atoms with Crippen molar-refractivity contribution in [3.8, 4) is 0 Å². The van der Waals surface area contributed by atoms with Crippen molar-refractivity contribution < 1.29 is 13.6 Å². The molecule has 0 aromatic heterocycles. The number of hydrogen-bond acceptors (Lipinski definition) is 1. The van der Waals surface area contributed by atoms with E-state index in [1.807, 2.05) is 6.92 Å². The number of carbonyl (C=O) groups is 1. The van der Waals surface area contributed by atoms with Crippen LogP contribution in [0, 0.1) is 11.6 Å². The minimum atomic E-state index is -0.805. The van der Waals surface area contributed by atoms with Crippen LogP contribution in [0.3, 0.4) is 0 Å². The van der Waals surface area contributed by atoms with E-state index in [0.29, 0.717) is 12.0 Å². The lowest BCUT2D eigenvalue weighted by Gasteiger charge is -2.05. The average molecular weight is 245 g/mol. The molecule has 0 bridgehead atoms. The Morgan fingerprint density at radius 2 is 2.00 bits per heavy atom. The van der Waals surface area contributed by atoms with E-state index in [1.165, 1.54) is 0 Å². The van der Waals surface area contributed by atoms with Gasteiger partial charge in [0.1, 0.15) is 11.6 Å². The van der Waals surface area contributed by atoms with E-state index < -0.39 is 17.4 Å². The Hall–Kier alpha value is -1.22. The molecule has 0 aliphatic rings. The molecule has 0 saturated heterocycles. The SMILES string of the molecule is C=C(CC)CC(=O)c1cc(F)c(Cl)cc1F. The molecule has 0 saturated carbocycles. The third-order valence-corrected chi connectivity index (χ3v) is 2.51. The Bertz CT molecular complexity index is 441. The van der Waals surface area contributed by atoms with Gasteiger partial charge in [0, 0.05) is 6.42 Å². The summed E-state index contributed by atoms with van der Waals surface area (Å²) in [6.07, 6.45) is 0.651. The molecule has 0 heterocycles. The van der Waals surface area contributed by atoms with Crippen LogP contribution in [0.1, 0.15) is 30.1 Å². The number of halogens is 3. The molecule has 0 aliphatic carbocycles. The van der Waals surface area contributed by atoms with Crippen molar-refractivity contribution in [2.24, 2.45) is 0 Å². The first kappa shape index (κ1) is 12.8. The number of Topliss-reactive ketones (excluding diaryl/α,β-unsaturated/α-hetero) is 1. The zero-order valence-corrected chi connectivity index (χ0v) is 9.57. The molecule has 0 N–H and O–H groups in total. The number of benzene rings is 1. The highest BCUT2D eigenvalue weighted by Gasteiger charge is 2.15. The van der Waals surface area contributed by atoms with Crippen LogP contribution < -0.4 is 0 Å². The summed E-state index contributed by atoms with van der Waals surface area (Å²) in [6.45, 7) is 5.49. The van der Waals surface area contributed by atoms with Gasteiger partial charge in [-0.2, -0.15) is 0 Å². The summed E-state index contributed by atoms with van der Waals surface area (Å²) in [5, 5.41) is -0.330. The Balaban J connectivity index is 3.00. The van der Waals surface area contributed by atoms with Gasteiger partial charge in [-0.05, 0) is 18.6 Å². The quantitative estimate of drug-likeness (QED) is 0.442. The minimum absolute atomic E-state index is 0.0223. The van der Waals surface area contributed by atoms with Crippen LogP contribution in [-0.4, -0.2) is 5.78 Å². The van der Waals surface area contributed by atoms with Crippen LogP contribution in [0.5, 0.6) is 0 Å². The number of hydrogen-bond donors (Lipinski definition) is 0. The number of ketones is 1. The van der Waals surface area contributed by atoms with E-state index >= 15 is 0 Å². The number of rotatable bonds is 4. The average Bonchev–Trinajstić information content (AvgIpc) is 2.23. The first-order chi connectivity index (χ1) is 7.45. The summed E-state index contributed by atoms with van der Waals surface area (Å²) < 4.78 is 26.4. The van der Waals surface area contributed by atoms with Gasteiger partial charge in [-0.3, -0.25) is 4.79 Å². The van der Waals surface area contributed by atoms with E-state index in [0.717, 1.165) is 12.1 Å². The van der Waals surface area contributed by atoms with Gasteiger partial charge >= 0.3 is 0 Å². The van der Waals surface area contributed by atoms with Crippen molar-refractivity contribution >= 4 is 17.4 Å². The zero-order valence-electron chi connectivity index (χ0n) is 8.82. The smallest absolute Gasteiger partial charge is 0.169 e. The first-order valence-electron chi connectivity index (χ1n) is 4.80. The third-order valence-electron chi connectivity index (χ3n) is 2.22. The van der Waals surface area contributed by atoms with Gasteiger partial charge in [0.15, 0.2) is 5.78 Å². The monoisotopic (exact) mass is 244 g/mol. The second-order valence-electron chi connectivity index (χ2n) is 3.45. The molecule has 1 rings (SSSR count). The maximum absolute atomic E-state index is 13.3. The standard InChI is InChI=1S/C12H11ClF2O/c1-3-7(2)4-12(16)8-5-11(15)9(13)6-10(8)14/h5-6H,2-4H2,1H3. The minimum Gasteiger partial charge on any atom is -0.294 e. The molecule has 1 aromatic rings. The Kier molecular flexibility index (Phi) is 4.19. The second kappa shape index (κ2) is 5.21. The maximum atomic E-state index is 13.3. The van der Waals surface area contributed by atoms with E-state index in [1.54, 1.807) is 0 Å². The van der Waals surface area contributed by atoms with Crippen LogP contribution >= 0.6 is 11.6 Å². The fraction of sp³-hybridized carbons (Fsp3) is 0.250. The van der Waals surface area contributed by atoms with Crippen molar-refractivity contribution in [2.45, 2.75) is 19.8 Å². The van der Waals surface area contributed by atoms with E-state index in [-0.39, 0.29) is 17.0 Å². The molecule has 1 nitrogen and oxygen atoms in total. The van der Waals surface area contributed by atoms with Gasteiger partial charge in [-0.1, -0.05) is 30.7 Å². The second-order valence-corrected chi connectivity index (χ2v) is 3.86. The lowest BCUT2D eigenvalue weighted by molar-refractivity contribution is 0.0988. The number of allylic oxidation sites excluding steroid dienone is 1. The molecule has 0 spiro atoms. The number of carbonyl (C=O) groups excluding carboxylic acids is 1. The van der Waals surface area contributed by atoms with Gasteiger partial charge in [0.25, 0.3) is 0 Å². The van der Waals surface area contributed by atoms with Crippen molar-refractivity contribution in [1.82, 2.24) is 0 Å². The highest BCUT2D eigenvalue weighted by Crippen LogP contribution is 2.21. The lowest BCUT2D eigenvalue weighted by atomic mass is 10.0. The molecule has 0 atom stereocenters. The Morgan fingerprint density at radius 1 is 1.38 bits per heavy atom. The van der Waals surface area contributed by atoms with Gasteiger partial charge in [0.2, 0.25) is 0 Å². The van der Waals surface area contributed by atoms with Crippen molar-refractivity contribution in [2.75, 3.05) is 0 Å². The fourth-order valence-corrected chi connectivity index (χ4v) is 1.33. The summed E-state index contributed by atoms with van der Waals surface area (Å²) in [5.41, 5.74) is 0.399. The van der Waals surface area contributed by atoms with Crippen molar-refractivity contribution in [3.63, 3.8) is 0 Å². The summed E-state index contributed by atoms with van der Waals surface area (Å²) >= 11 is 5.38. The fourth-order valence-electron chi connectivity index (χ4n) is 1.18. The zero-order chi connectivity index (χ0) is 12.3. The van der Waals surface area contributed by atoms with Gasteiger partial charge < -0.3 is 0 Å². The van der Waals surface area contributed by atoms with E-state index in [4.69, 9.17) is 11.6 Å². The van der Waals surface area contributed by atoms with Crippen LogP contribution in [0.2, 0.25) is 5.02 Å². The maximum Gasteiger partial charge on any atom is 0.169 e. The predicted molar refractivity (Wildman–Crippen MR) is 59.7 cm³/mol. The molecule has 86 valence electrons. The molecule has 0 fully saturated rings. The molecule has 0 amide bonds. The Labute approximate surface area is 97.7 Å². The molecule has 0 unspecified atom stereocenters. The highest BCUT2D eigenvalue weighted by molar-refractivity contribution is 6.30. The van der Waals surface area contributed by atoms with E-state index in [2.05, 4.69) is 6.58 Å². The van der Waals surface area contributed by atoms with Gasteiger partial charge in [-0.15, -0.1) is 0 Å². The summed E-state index contributed by atoms with van der Waals surface area (Å²) in [5.74, 6) is -2.09.